The van der Waals surface area contributed by atoms with E-state index in [1.165, 1.54) is 17.2 Å². The van der Waals surface area contributed by atoms with E-state index in [0.717, 1.165) is 5.56 Å². The number of halogens is 3. The van der Waals surface area contributed by atoms with E-state index in [1.807, 2.05) is 0 Å². The number of amides is 1. The standard InChI is InChI=1S/C18H19F3N4O2/c19-18(20,21)11-25-7-5-14(6-8-25)24-17(27)13-1-3-15(22-10-13)12-2-4-16(26)23-9-12/h1-4,9-10,14H,5-8,11H2,(H,23,26)(H,24,27). The number of aromatic amines is 1. The number of rotatable bonds is 4. The van der Waals surface area contributed by atoms with Crippen LogP contribution in [0.2, 0.25) is 0 Å². The van der Waals surface area contributed by atoms with Crippen LogP contribution in [0.1, 0.15) is 23.2 Å². The third-order valence-corrected chi connectivity index (χ3v) is 4.43. The van der Waals surface area contributed by atoms with Crippen molar-refractivity contribution in [3.05, 3.63) is 52.6 Å². The molecule has 0 saturated carbocycles. The average Bonchev–Trinajstić information content (AvgIpc) is 2.63. The largest absolute Gasteiger partial charge is 0.401 e. The van der Waals surface area contributed by atoms with Gasteiger partial charge in [-0.3, -0.25) is 19.5 Å². The molecule has 1 amide bonds. The maximum atomic E-state index is 12.4. The summed E-state index contributed by atoms with van der Waals surface area (Å²) in [6, 6.07) is 6.18. The summed E-state index contributed by atoms with van der Waals surface area (Å²) in [5, 5.41) is 2.85. The van der Waals surface area contributed by atoms with E-state index >= 15 is 0 Å². The highest BCUT2D eigenvalue weighted by Crippen LogP contribution is 2.20. The number of nitrogens with zero attached hydrogens (tertiary/aromatic N) is 2. The topological polar surface area (TPSA) is 78.1 Å². The first-order valence-electron chi connectivity index (χ1n) is 8.55. The Morgan fingerprint density at radius 1 is 1.22 bits per heavy atom. The summed E-state index contributed by atoms with van der Waals surface area (Å²) < 4.78 is 37.2. The smallest absolute Gasteiger partial charge is 0.349 e. The van der Waals surface area contributed by atoms with Crippen molar-refractivity contribution >= 4 is 5.91 Å². The zero-order chi connectivity index (χ0) is 19.4. The van der Waals surface area contributed by atoms with Crippen LogP contribution in [0.5, 0.6) is 0 Å². The highest BCUT2D eigenvalue weighted by atomic mass is 19.4. The van der Waals surface area contributed by atoms with E-state index in [1.54, 1.807) is 24.4 Å². The minimum absolute atomic E-state index is 0.152. The lowest BCUT2D eigenvalue weighted by Crippen LogP contribution is -2.47. The molecule has 9 heteroatoms. The number of hydrogen-bond acceptors (Lipinski definition) is 4. The number of piperidine rings is 1. The van der Waals surface area contributed by atoms with Crippen molar-refractivity contribution in [2.45, 2.75) is 25.1 Å². The molecular weight excluding hydrogens is 361 g/mol. The number of nitrogens with one attached hydrogen (secondary N) is 2. The first-order chi connectivity index (χ1) is 12.8. The third-order valence-electron chi connectivity index (χ3n) is 4.43. The fraction of sp³-hybridized carbons (Fsp3) is 0.389. The highest BCUT2D eigenvalue weighted by molar-refractivity contribution is 5.94. The first-order valence-corrected chi connectivity index (χ1v) is 8.55. The van der Waals surface area contributed by atoms with Gasteiger partial charge in [-0.1, -0.05) is 0 Å². The van der Waals surface area contributed by atoms with Crippen LogP contribution in [0.15, 0.2) is 41.5 Å². The zero-order valence-corrected chi connectivity index (χ0v) is 14.4. The number of hydrogen-bond donors (Lipinski definition) is 2. The Hall–Kier alpha value is -2.68. The molecule has 1 fully saturated rings. The monoisotopic (exact) mass is 380 g/mol. The Morgan fingerprint density at radius 3 is 2.52 bits per heavy atom. The van der Waals surface area contributed by atoms with Gasteiger partial charge in [0.25, 0.3) is 5.91 Å². The Morgan fingerprint density at radius 2 is 1.96 bits per heavy atom. The average molecular weight is 380 g/mol. The third kappa shape index (κ3) is 5.40. The summed E-state index contributed by atoms with van der Waals surface area (Å²) in [5.41, 5.74) is 1.50. The SMILES string of the molecule is O=C(NC1CCN(CC(F)(F)F)CC1)c1ccc(-c2ccc(=O)[nH]c2)nc1. The number of carbonyl (C=O) groups is 1. The molecule has 1 saturated heterocycles. The molecule has 3 heterocycles. The van der Waals surface area contributed by atoms with Gasteiger partial charge in [-0.25, -0.2) is 0 Å². The quantitative estimate of drug-likeness (QED) is 0.853. The second-order valence-corrected chi connectivity index (χ2v) is 6.51. The van der Waals surface area contributed by atoms with Crippen LogP contribution in [0.25, 0.3) is 11.3 Å². The highest BCUT2D eigenvalue weighted by Gasteiger charge is 2.32. The van der Waals surface area contributed by atoms with Crippen molar-refractivity contribution in [2.24, 2.45) is 0 Å². The zero-order valence-electron chi connectivity index (χ0n) is 14.4. The predicted molar refractivity (Wildman–Crippen MR) is 93.3 cm³/mol. The van der Waals surface area contributed by atoms with E-state index in [4.69, 9.17) is 0 Å². The van der Waals surface area contributed by atoms with Crippen molar-refractivity contribution in [1.29, 1.82) is 0 Å². The molecule has 1 aliphatic heterocycles. The van der Waals surface area contributed by atoms with Gasteiger partial charge in [0.2, 0.25) is 5.56 Å². The van der Waals surface area contributed by atoms with Crippen molar-refractivity contribution in [1.82, 2.24) is 20.2 Å². The van der Waals surface area contributed by atoms with Gasteiger partial charge in [0.15, 0.2) is 0 Å². The lowest BCUT2D eigenvalue weighted by molar-refractivity contribution is -0.148. The Bertz CT molecular complexity index is 820. The molecule has 27 heavy (non-hydrogen) atoms. The maximum absolute atomic E-state index is 12.4. The second-order valence-electron chi connectivity index (χ2n) is 6.51. The molecule has 2 N–H and O–H groups in total. The van der Waals surface area contributed by atoms with E-state index < -0.39 is 12.7 Å². The van der Waals surface area contributed by atoms with Gasteiger partial charge in [0.05, 0.1) is 17.8 Å². The van der Waals surface area contributed by atoms with Crippen molar-refractivity contribution in [2.75, 3.05) is 19.6 Å². The first kappa shape index (κ1) is 19.1. The maximum Gasteiger partial charge on any atom is 0.401 e. The Kier molecular flexibility index (Phi) is 5.59. The molecule has 0 aromatic carbocycles. The minimum atomic E-state index is -4.20. The van der Waals surface area contributed by atoms with E-state index in [2.05, 4.69) is 15.3 Å². The Labute approximate surface area is 153 Å². The molecule has 0 atom stereocenters. The molecule has 0 aliphatic carbocycles. The van der Waals surface area contributed by atoms with Gasteiger partial charge in [-0.05, 0) is 31.0 Å². The summed E-state index contributed by atoms with van der Waals surface area (Å²) >= 11 is 0. The molecular formula is C18H19F3N4O2. The molecule has 0 unspecified atom stereocenters. The fourth-order valence-electron chi connectivity index (χ4n) is 3.03. The number of carbonyl (C=O) groups excluding carboxylic acids is 1. The van der Waals surface area contributed by atoms with Crippen LogP contribution in [0, 0.1) is 0 Å². The lowest BCUT2D eigenvalue weighted by atomic mass is 10.0. The number of aromatic nitrogens is 2. The lowest BCUT2D eigenvalue weighted by Gasteiger charge is -2.32. The van der Waals surface area contributed by atoms with Crippen LogP contribution >= 0.6 is 0 Å². The molecule has 1 aliphatic rings. The normalized spacial score (nSPS) is 16.3. The van der Waals surface area contributed by atoms with Crippen LogP contribution in [-0.4, -0.2) is 52.6 Å². The van der Waals surface area contributed by atoms with Crippen molar-refractivity contribution in [3.63, 3.8) is 0 Å². The van der Waals surface area contributed by atoms with Gasteiger partial charge in [0, 0.05) is 43.2 Å². The van der Waals surface area contributed by atoms with E-state index in [0.29, 0.717) is 37.2 Å². The van der Waals surface area contributed by atoms with Gasteiger partial charge in [-0.2, -0.15) is 13.2 Å². The summed E-state index contributed by atoms with van der Waals surface area (Å²) in [7, 11) is 0. The summed E-state index contributed by atoms with van der Waals surface area (Å²) in [4.78, 5) is 31.5. The summed E-state index contributed by atoms with van der Waals surface area (Å²) in [6.07, 6.45) is -0.265. The molecule has 0 radical (unpaired) electrons. The number of alkyl halides is 3. The van der Waals surface area contributed by atoms with Crippen molar-refractivity contribution in [3.8, 4) is 11.3 Å². The molecule has 2 aromatic rings. The van der Waals surface area contributed by atoms with E-state index in [-0.39, 0.29) is 17.5 Å². The molecule has 3 rings (SSSR count). The van der Waals surface area contributed by atoms with Gasteiger partial charge in [0.1, 0.15) is 0 Å². The van der Waals surface area contributed by atoms with Crippen LogP contribution in [0.4, 0.5) is 13.2 Å². The van der Waals surface area contributed by atoms with Gasteiger partial charge >= 0.3 is 6.18 Å². The number of pyridine rings is 2. The number of H-pyrrole nitrogens is 1. The Balaban J connectivity index is 1.54. The van der Waals surface area contributed by atoms with Gasteiger partial charge in [-0.15, -0.1) is 0 Å². The fourth-order valence-corrected chi connectivity index (χ4v) is 3.03. The molecule has 0 spiro atoms. The molecule has 144 valence electrons. The molecule has 0 bridgehead atoms. The second kappa shape index (κ2) is 7.91. The van der Waals surface area contributed by atoms with Crippen LogP contribution in [-0.2, 0) is 0 Å². The van der Waals surface area contributed by atoms with Gasteiger partial charge < -0.3 is 10.3 Å². The minimum Gasteiger partial charge on any atom is -0.349 e. The van der Waals surface area contributed by atoms with Crippen LogP contribution < -0.4 is 10.9 Å². The summed E-state index contributed by atoms with van der Waals surface area (Å²) in [5.74, 6) is -0.301. The van der Waals surface area contributed by atoms with E-state index in [9.17, 15) is 22.8 Å². The number of likely N-dealkylation sites (tertiary alicyclic amines) is 1. The van der Waals surface area contributed by atoms with Crippen molar-refractivity contribution < 1.29 is 18.0 Å². The molecule has 2 aromatic heterocycles. The predicted octanol–water partition coefficient (Wildman–Crippen LogP) is 2.19. The summed E-state index contributed by atoms with van der Waals surface area (Å²) in [6.45, 7) is -0.314. The molecule has 6 nitrogen and oxygen atoms in total. The van der Waals surface area contributed by atoms with Crippen LogP contribution in [0.3, 0.4) is 0 Å².